The number of aromatic amines is 1. The number of aryl methyl sites for hydroxylation is 1. The summed E-state index contributed by atoms with van der Waals surface area (Å²) in [4.78, 5) is 28.9. The predicted octanol–water partition coefficient (Wildman–Crippen LogP) is 2.61. The minimum atomic E-state index is -0.428. The second kappa shape index (κ2) is 6.38. The molecule has 0 radical (unpaired) electrons. The maximum absolute atomic E-state index is 11.5. The van der Waals surface area contributed by atoms with E-state index in [1.807, 2.05) is 11.8 Å². The third-order valence-electron chi connectivity index (χ3n) is 4.32. The molecule has 2 aromatic rings. The molecule has 1 aromatic carbocycles. The van der Waals surface area contributed by atoms with Crippen molar-refractivity contribution in [1.29, 1.82) is 0 Å². The van der Waals surface area contributed by atoms with Gasteiger partial charge in [-0.25, -0.2) is 4.98 Å². The fourth-order valence-electron chi connectivity index (χ4n) is 3.11. The van der Waals surface area contributed by atoms with Crippen LogP contribution in [0.5, 0.6) is 0 Å². The summed E-state index contributed by atoms with van der Waals surface area (Å²) in [5, 5.41) is 18.5. The van der Waals surface area contributed by atoms with E-state index < -0.39 is 4.92 Å². The van der Waals surface area contributed by atoms with Crippen molar-refractivity contribution in [3.63, 3.8) is 0 Å². The number of H-pyrrole nitrogens is 1. The molecule has 0 amide bonds. The number of nitro benzene ring substituents is 1. The van der Waals surface area contributed by atoms with E-state index in [-0.39, 0.29) is 17.4 Å². The number of anilines is 1. The minimum absolute atomic E-state index is 0.0329. The van der Waals surface area contributed by atoms with Crippen LogP contribution in [0.2, 0.25) is 0 Å². The minimum Gasteiger partial charge on any atom is -0.365 e. The number of hydrogen-bond acceptors (Lipinski definition) is 6. The monoisotopic (exact) mass is 329 g/mol. The summed E-state index contributed by atoms with van der Waals surface area (Å²) in [6.07, 6.45) is 1.86. The molecule has 1 atom stereocenters. The molecule has 0 spiro atoms. The van der Waals surface area contributed by atoms with Gasteiger partial charge in [0.25, 0.3) is 5.69 Å². The number of hydrogen-bond donors (Lipinski definition) is 1. The molecule has 24 heavy (non-hydrogen) atoms. The lowest BCUT2D eigenvalue weighted by atomic mass is 9.96. The molecule has 1 aromatic heterocycles. The van der Waals surface area contributed by atoms with E-state index in [2.05, 4.69) is 15.2 Å². The van der Waals surface area contributed by atoms with Gasteiger partial charge in [-0.2, -0.15) is 5.10 Å². The number of aromatic nitrogens is 3. The zero-order valence-corrected chi connectivity index (χ0v) is 13.7. The molecule has 126 valence electrons. The Balaban J connectivity index is 1.90. The molecule has 1 N–H and O–H groups in total. The van der Waals surface area contributed by atoms with Crippen molar-refractivity contribution in [3.05, 3.63) is 45.5 Å². The van der Waals surface area contributed by atoms with Crippen LogP contribution in [-0.4, -0.2) is 39.0 Å². The van der Waals surface area contributed by atoms with Gasteiger partial charge in [-0.1, -0.05) is 0 Å². The molecule has 0 aliphatic carbocycles. The number of benzene rings is 1. The lowest BCUT2D eigenvalue weighted by Crippen LogP contribution is -2.35. The van der Waals surface area contributed by atoms with Crippen molar-refractivity contribution in [2.45, 2.75) is 32.6 Å². The van der Waals surface area contributed by atoms with Crippen LogP contribution < -0.4 is 4.90 Å². The summed E-state index contributed by atoms with van der Waals surface area (Å²) >= 11 is 0. The van der Waals surface area contributed by atoms with Crippen molar-refractivity contribution < 1.29 is 9.72 Å². The normalized spacial score (nSPS) is 17.8. The Morgan fingerprint density at radius 1 is 1.46 bits per heavy atom. The van der Waals surface area contributed by atoms with Crippen LogP contribution in [0.15, 0.2) is 18.2 Å². The van der Waals surface area contributed by atoms with Crippen molar-refractivity contribution >= 4 is 17.2 Å². The highest BCUT2D eigenvalue weighted by atomic mass is 16.6. The maximum atomic E-state index is 11.5. The number of Topliss-reactive ketones (excluding diaryl/α,β-unsaturated/α-hetero) is 1. The Labute approximate surface area is 139 Å². The molecule has 3 rings (SSSR count). The first-order valence-corrected chi connectivity index (χ1v) is 7.89. The number of carbonyl (C=O) groups excluding carboxylic acids is 1. The molecule has 8 heteroatoms. The zero-order chi connectivity index (χ0) is 17.3. The van der Waals surface area contributed by atoms with Gasteiger partial charge in [0.15, 0.2) is 11.6 Å². The lowest BCUT2D eigenvalue weighted by molar-refractivity contribution is -0.384. The van der Waals surface area contributed by atoms with Crippen LogP contribution in [0.3, 0.4) is 0 Å². The third-order valence-corrected chi connectivity index (χ3v) is 4.32. The van der Waals surface area contributed by atoms with E-state index >= 15 is 0 Å². The molecular weight excluding hydrogens is 310 g/mol. The average molecular weight is 329 g/mol. The fraction of sp³-hybridized carbons (Fsp3) is 0.438. The van der Waals surface area contributed by atoms with Crippen LogP contribution in [-0.2, 0) is 0 Å². The van der Waals surface area contributed by atoms with Gasteiger partial charge >= 0.3 is 0 Å². The summed E-state index contributed by atoms with van der Waals surface area (Å²) in [6.45, 7) is 4.61. The quantitative estimate of drug-likeness (QED) is 0.525. The number of nitro groups is 1. The molecule has 1 fully saturated rings. The van der Waals surface area contributed by atoms with E-state index in [1.165, 1.54) is 13.0 Å². The molecule has 0 bridgehead atoms. The van der Waals surface area contributed by atoms with Crippen molar-refractivity contribution in [2.24, 2.45) is 0 Å². The van der Waals surface area contributed by atoms with Crippen LogP contribution in [0.1, 0.15) is 47.7 Å². The van der Waals surface area contributed by atoms with Crippen LogP contribution >= 0.6 is 0 Å². The molecule has 1 aliphatic heterocycles. The standard InChI is InChI=1S/C16H19N5O3/c1-10(22)12-5-6-14(15(8-12)21(23)24)20-7-3-4-13(9-20)16-17-11(2)18-19-16/h5-6,8,13H,3-4,7,9H2,1-2H3,(H,17,18,19). The third kappa shape index (κ3) is 3.12. The zero-order valence-electron chi connectivity index (χ0n) is 13.7. The Morgan fingerprint density at radius 3 is 2.88 bits per heavy atom. The molecule has 1 saturated heterocycles. The topological polar surface area (TPSA) is 105 Å². The first-order chi connectivity index (χ1) is 11.5. The van der Waals surface area contributed by atoms with E-state index in [4.69, 9.17) is 0 Å². The largest absolute Gasteiger partial charge is 0.365 e. The van der Waals surface area contributed by atoms with E-state index in [0.29, 0.717) is 17.8 Å². The van der Waals surface area contributed by atoms with E-state index in [0.717, 1.165) is 31.0 Å². The van der Waals surface area contributed by atoms with Gasteiger partial charge in [-0.05, 0) is 38.8 Å². The first-order valence-electron chi connectivity index (χ1n) is 7.89. The number of rotatable bonds is 4. The smallest absolute Gasteiger partial charge is 0.293 e. The number of carbonyl (C=O) groups is 1. The van der Waals surface area contributed by atoms with Crippen LogP contribution in [0.25, 0.3) is 0 Å². The fourth-order valence-corrected chi connectivity index (χ4v) is 3.11. The van der Waals surface area contributed by atoms with Crippen molar-refractivity contribution in [1.82, 2.24) is 15.2 Å². The number of piperidine rings is 1. The summed E-state index contributed by atoms with van der Waals surface area (Å²) in [7, 11) is 0. The number of nitrogens with one attached hydrogen (secondary N) is 1. The Bertz CT molecular complexity index is 786. The summed E-state index contributed by atoms with van der Waals surface area (Å²) < 4.78 is 0. The Hall–Kier alpha value is -2.77. The summed E-state index contributed by atoms with van der Waals surface area (Å²) in [6, 6.07) is 4.67. The van der Waals surface area contributed by atoms with Gasteiger partial charge in [0.2, 0.25) is 0 Å². The number of nitrogens with zero attached hydrogens (tertiary/aromatic N) is 4. The van der Waals surface area contributed by atoms with Gasteiger partial charge in [-0.3, -0.25) is 20.0 Å². The average Bonchev–Trinajstić information content (AvgIpc) is 3.01. The Morgan fingerprint density at radius 2 is 2.25 bits per heavy atom. The predicted molar refractivity (Wildman–Crippen MR) is 88.4 cm³/mol. The van der Waals surface area contributed by atoms with Crippen molar-refractivity contribution in [2.75, 3.05) is 18.0 Å². The van der Waals surface area contributed by atoms with Gasteiger partial charge < -0.3 is 4.90 Å². The van der Waals surface area contributed by atoms with Gasteiger partial charge in [0.05, 0.1) is 4.92 Å². The second-order valence-corrected chi connectivity index (χ2v) is 6.08. The SMILES string of the molecule is CC(=O)c1ccc(N2CCCC(c3n[nH]c(C)n3)C2)c([N+](=O)[O-])c1. The van der Waals surface area contributed by atoms with Gasteiger partial charge in [-0.15, -0.1) is 0 Å². The molecule has 1 unspecified atom stereocenters. The van der Waals surface area contributed by atoms with Gasteiger partial charge in [0, 0.05) is 30.6 Å². The molecule has 2 heterocycles. The summed E-state index contributed by atoms with van der Waals surface area (Å²) in [5.41, 5.74) is 0.861. The van der Waals surface area contributed by atoms with Crippen LogP contribution in [0.4, 0.5) is 11.4 Å². The highest BCUT2D eigenvalue weighted by Crippen LogP contribution is 2.34. The van der Waals surface area contributed by atoms with Crippen LogP contribution in [0, 0.1) is 17.0 Å². The molecule has 0 saturated carbocycles. The second-order valence-electron chi connectivity index (χ2n) is 6.08. The van der Waals surface area contributed by atoms with E-state index in [9.17, 15) is 14.9 Å². The lowest BCUT2D eigenvalue weighted by Gasteiger charge is -2.32. The van der Waals surface area contributed by atoms with Crippen molar-refractivity contribution in [3.8, 4) is 0 Å². The van der Waals surface area contributed by atoms with Gasteiger partial charge in [0.1, 0.15) is 11.5 Å². The summed E-state index contributed by atoms with van der Waals surface area (Å²) in [5.74, 6) is 1.47. The van der Waals surface area contributed by atoms with E-state index in [1.54, 1.807) is 12.1 Å². The molecular formula is C16H19N5O3. The highest BCUT2D eigenvalue weighted by molar-refractivity contribution is 5.95. The Kier molecular flexibility index (Phi) is 4.28. The first kappa shape index (κ1) is 16.1. The maximum Gasteiger partial charge on any atom is 0.293 e. The number of ketones is 1. The molecule has 1 aliphatic rings. The highest BCUT2D eigenvalue weighted by Gasteiger charge is 2.28. The molecule has 8 nitrogen and oxygen atoms in total.